The van der Waals surface area contributed by atoms with Crippen LogP contribution in [-0.4, -0.2) is 58.2 Å². The molecule has 0 aliphatic carbocycles. The van der Waals surface area contributed by atoms with Crippen molar-refractivity contribution in [1.29, 1.82) is 0 Å². The summed E-state index contributed by atoms with van der Waals surface area (Å²) in [5.41, 5.74) is -0.309. The van der Waals surface area contributed by atoms with Crippen molar-refractivity contribution in [2.45, 2.75) is 6.18 Å². The number of rotatable bonds is 5. The van der Waals surface area contributed by atoms with Crippen LogP contribution in [0, 0.1) is 5.82 Å². The van der Waals surface area contributed by atoms with Crippen molar-refractivity contribution in [2.75, 3.05) is 48.2 Å². The first-order chi connectivity index (χ1) is 14.9. The third-order valence-corrected chi connectivity index (χ3v) is 6.47. The number of carbonyl (C=O) groups excluding carboxylic acids is 1. The monoisotopic (exact) mass is 493 g/mol. The Morgan fingerprint density at radius 3 is 2.31 bits per heavy atom. The smallest absolute Gasteiger partial charge is 0.368 e. The molecule has 1 heterocycles. The van der Waals surface area contributed by atoms with Gasteiger partial charge in [-0.15, -0.1) is 0 Å². The predicted octanol–water partition coefficient (Wildman–Crippen LogP) is 3.61. The molecule has 2 aromatic carbocycles. The summed E-state index contributed by atoms with van der Waals surface area (Å²) in [4.78, 5) is 15.9. The summed E-state index contributed by atoms with van der Waals surface area (Å²) in [6.07, 6.45) is -3.53. The second-order valence-corrected chi connectivity index (χ2v) is 9.60. The van der Waals surface area contributed by atoms with Crippen LogP contribution in [-0.2, 0) is 21.0 Å². The van der Waals surface area contributed by atoms with Crippen LogP contribution in [0.3, 0.4) is 0 Å². The van der Waals surface area contributed by atoms with E-state index in [4.69, 9.17) is 11.6 Å². The first kappa shape index (κ1) is 24.1. The summed E-state index contributed by atoms with van der Waals surface area (Å²) in [7, 11) is -3.87. The number of alkyl halides is 3. The van der Waals surface area contributed by atoms with Crippen molar-refractivity contribution in [3.63, 3.8) is 0 Å². The second-order valence-electron chi connectivity index (χ2n) is 7.28. The van der Waals surface area contributed by atoms with Gasteiger partial charge >= 0.3 is 6.18 Å². The lowest BCUT2D eigenvalue weighted by molar-refractivity contribution is -0.137. The number of piperazine rings is 1. The second kappa shape index (κ2) is 9.14. The average molecular weight is 494 g/mol. The SMILES string of the molecule is CS(=O)(=O)N(CC(=O)N1CCN(c2cccc(C(F)(F)F)c2)CC1)c1ccc(F)c(Cl)c1. The lowest BCUT2D eigenvalue weighted by Crippen LogP contribution is -2.52. The Labute approximate surface area is 188 Å². The Kier molecular flexibility index (Phi) is 6.89. The van der Waals surface area contributed by atoms with Crippen molar-refractivity contribution in [3.05, 3.63) is 58.9 Å². The van der Waals surface area contributed by atoms with Gasteiger partial charge in [-0.05, 0) is 36.4 Å². The molecule has 6 nitrogen and oxygen atoms in total. The van der Waals surface area contributed by atoms with E-state index in [-0.39, 0.29) is 36.9 Å². The molecule has 0 spiro atoms. The minimum absolute atomic E-state index is 0.0508. The molecule has 1 aliphatic heterocycles. The predicted molar refractivity (Wildman–Crippen MR) is 114 cm³/mol. The van der Waals surface area contributed by atoms with Gasteiger partial charge in [-0.3, -0.25) is 9.10 Å². The number of halogens is 5. The largest absolute Gasteiger partial charge is 0.416 e. The highest BCUT2D eigenvalue weighted by molar-refractivity contribution is 7.92. The maximum Gasteiger partial charge on any atom is 0.416 e. The molecule has 174 valence electrons. The maximum absolute atomic E-state index is 13.4. The molecule has 2 aromatic rings. The van der Waals surface area contributed by atoms with E-state index in [9.17, 15) is 30.8 Å². The lowest BCUT2D eigenvalue weighted by atomic mass is 10.1. The third-order valence-electron chi connectivity index (χ3n) is 5.04. The van der Waals surface area contributed by atoms with Gasteiger partial charge in [-0.2, -0.15) is 13.2 Å². The molecular weight excluding hydrogens is 474 g/mol. The number of nitrogens with zero attached hydrogens (tertiary/aromatic N) is 3. The average Bonchev–Trinajstić information content (AvgIpc) is 2.73. The summed E-state index contributed by atoms with van der Waals surface area (Å²) in [6.45, 7) is 0.473. The van der Waals surface area contributed by atoms with Crippen LogP contribution < -0.4 is 9.21 Å². The van der Waals surface area contributed by atoms with Crippen molar-refractivity contribution in [3.8, 4) is 0 Å². The molecule has 0 unspecified atom stereocenters. The molecule has 12 heteroatoms. The molecular formula is C20H20ClF4N3O3S. The molecule has 1 amide bonds. The zero-order valence-electron chi connectivity index (χ0n) is 16.9. The Balaban J connectivity index is 1.68. The lowest BCUT2D eigenvalue weighted by Gasteiger charge is -2.37. The fraction of sp³-hybridized carbons (Fsp3) is 0.350. The Morgan fingerprint density at radius 1 is 1.09 bits per heavy atom. The van der Waals surface area contributed by atoms with E-state index in [2.05, 4.69) is 0 Å². The van der Waals surface area contributed by atoms with Gasteiger partial charge in [0.25, 0.3) is 0 Å². The summed E-state index contributed by atoms with van der Waals surface area (Å²) >= 11 is 5.74. The van der Waals surface area contributed by atoms with Gasteiger partial charge < -0.3 is 9.80 Å². The Hall–Kier alpha value is -2.53. The van der Waals surface area contributed by atoms with Gasteiger partial charge in [0, 0.05) is 31.9 Å². The molecule has 3 rings (SSSR count). The fourth-order valence-corrected chi connectivity index (χ4v) is 4.37. The molecule has 32 heavy (non-hydrogen) atoms. The minimum Gasteiger partial charge on any atom is -0.368 e. The molecule has 0 saturated carbocycles. The van der Waals surface area contributed by atoms with Crippen molar-refractivity contribution >= 4 is 38.9 Å². The molecule has 0 bridgehead atoms. The van der Waals surface area contributed by atoms with Crippen LogP contribution in [0.15, 0.2) is 42.5 Å². The van der Waals surface area contributed by atoms with E-state index in [1.807, 2.05) is 0 Å². The minimum atomic E-state index is -4.45. The standard InChI is InChI=1S/C20H20ClF4N3O3S/c1-32(30,31)28(16-5-6-18(22)17(21)12-16)13-19(29)27-9-7-26(8-10-27)15-4-2-3-14(11-15)20(23,24)25/h2-6,11-12H,7-10,13H2,1H3. The van der Waals surface area contributed by atoms with E-state index in [1.54, 1.807) is 11.0 Å². The van der Waals surface area contributed by atoms with Gasteiger partial charge in [0.05, 0.1) is 22.5 Å². The Morgan fingerprint density at radius 2 is 1.75 bits per heavy atom. The summed E-state index contributed by atoms with van der Waals surface area (Å²) in [6, 6.07) is 8.28. The van der Waals surface area contributed by atoms with Crippen LogP contribution in [0.4, 0.5) is 28.9 Å². The quantitative estimate of drug-likeness (QED) is 0.597. The van der Waals surface area contributed by atoms with Crippen molar-refractivity contribution in [1.82, 2.24) is 4.90 Å². The zero-order chi connectivity index (χ0) is 23.7. The Bertz CT molecular complexity index is 1100. The molecule has 1 fully saturated rings. The van der Waals surface area contributed by atoms with Crippen molar-refractivity contribution < 1.29 is 30.8 Å². The van der Waals surface area contributed by atoms with Gasteiger partial charge in [-0.25, -0.2) is 12.8 Å². The molecule has 1 aliphatic rings. The van der Waals surface area contributed by atoms with E-state index in [0.717, 1.165) is 34.8 Å². The number of hydrogen-bond acceptors (Lipinski definition) is 4. The molecule has 0 radical (unpaired) electrons. The summed E-state index contributed by atoms with van der Waals surface area (Å²) in [5.74, 6) is -1.21. The van der Waals surface area contributed by atoms with Gasteiger partial charge in [0.15, 0.2) is 0 Å². The normalized spacial score (nSPS) is 15.1. The maximum atomic E-state index is 13.4. The highest BCUT2D eigenvalue weighted by Gasteiger charge is 2.32. The van der Waals surface area contributed by atoms with E-state index < -0.39 is 40.0 Å². The number of amides is 1. The summed E-state index contributed by atoms with van der Waals surface area (Å²) in [5, 5.41) is -0.279. The van der Waals surface area contributed by atoms with Crippen LogP contribution in [0.5, 0.6) is 0 Å². The van der Waals surface area contributed by atoms with E-state index >= 15 is 0 Å². The number of benzene rings is 2. The van der Waals surface area contributed by atoms with Gasteiger partial charge in [-0.1, -0.05) is 17.7 Å². The van der Waals surface area contributed by atoms with Crippen LogP contribution in [0.2, 0.25) is 5.02 Å². The number of sulfonamides is 1. The number of anilines is 2. The molecule has 0 N–H and O–H groups in total. The van der Waals surface area contributed by atoms with Crippen molar-refractivity contribution in [2.24, 2.45) is 0 Å². The fourth-order valence-electron chi connectivity index (χ4n) is 3.36. The van der Waals surface area contributed by atoms with E-state index in [0.29, 0.717) is 5.69 Å². The number of carbonyl (C=O) groups is 1. The summed E-state index contributed by atoms with van der Waals surface area (Å²) < 4.78 is 77.6. The molecule has 0 aromatic heterocycles. The molecule has 0 atom stereocenters. The topological polar surface area (TPSA) is 60.9 Å². The van der Waals surface area contributed by atoms with Crippen LogP contribution in [0.25, 0.3) is 0 Å². The zero-order valence-corrected chi connectivity index (χ0v) is 18.5. The molecule has 1 saturated heterocycles. The highest BCUT2D eigenvalue weighted by atomic mass is 35.5. The first-order valence-electron chi connectivity index (χ1n) is 9.49. The van der Waals surface area contributed by atoms with Gasteiger partial charge in [0.2, 0.25) is 15.9 Å². The van der Waals surface area contributed by atoms with Gasteiger partial charge in [0.1, 0.15) is 12.4 Å². The highest BCUT2D eigenvalue weighted by Crippen LogP contribution is 2.32. The van der Waals surface area contributed by atoms with E-state index in [1.165, 1.54) is 17.0 Å². The van der Waals surface area contributed by atoms with Crippen LogP contribution >= 0.6 is 11.6 Å². The number of hydrogen-bond donors (Lipinski definition) is 0. The van der Waals surface area contributed by atoms with Crippen LogP contribution in [0.1, 0.15) is 5.56 Å². The third kappa shape index (κ3) is 5.63. The first-order valence-corrected chi connectivity index (χ1v) is 11.7.